The fraction of sp³-hybridized carbons (Fsp3) is 0.667. The Hall–Kier alpha value is -1.47. The third-order valence-corrected chi connectivity index (χ3v) is 9.89. The Balaban J connectivity index is 1.58. The fourth-order valence-corrected chi connectivity index (χ4v) is 7.18. The zero-order chi connectivity index (χ0) is 20.3. The lowest BCUT2D eigenvalue weighted by Gasteiger charge is -2.39. The molecule has 4 rings (SSSR count). The molecular formula is C21H29FN2O3S. The van der Waals surface area contributed by atoms with Gasteiger partial charge in [0.05, 0.1) is 0 Å². The van der Waals surface area contributed by atoms with Crippen molar-refractivity contribution >= 4 is 15.9 Å². The summed E-state index contributed by atoms with van der Waals surface area (Å²) in [7, 11) is -3.91. The summed E-state index contributed by atoms with van der Waals surface area (Å²) in [4.78, 5) is 12.5. The van der Waals surface area contributed by atoms with Gasteiger partial charge >= 0.3 is 0 Å². The molecular weight excluding hydrogens is 379 g/mol. The zero-order valence-electron chi connectivity index (χ0n) is 16.8. The Morgan fingerprint density at radius 1 is 1.21 bits per heavy atom. The molecule has 0 spiro atoms. The second-order valence-corrected chi connectivity index (χ2v) is 11.3. The molecule has 1 saturated heterocycles. The Labute approximate surface area is 166 Å². The number of carbonyl (C=O) groups excluding carboxylic acids is 1. The molecule has 5 nitrogen and oxygen atoms in total. The molecule has 1 aliphatic heterocycles. The number of carbonyl (C=O) groups is 1. The molecule has 7 heteroatoms. The first-order valence-corrected chi connectivity index (χ1v) is 11.6. The molecule has 1 amide bonds. The molecule has 3 unspecified atom stereocenters. The molecule has 154 valence electrons. The monoisotopic (exact) mass is 408 g/mol. The quantitative estimate of drug-likeness (QED) is 0.828. The molecule has 1 aromatic rings. The summed E-state index contributed by atoms with van der Waals surface area (Å²) in [5, 5.41) is 3.12. The van der Waals surface area contributed by atoms with Crippen molar-refractivity contribution in [1.82, 2.24) is 9.62 Å². The van der Waals surface area contributed by atoms with Gasteiger partial charge in [0.2, 0.25) is 10.0 Å². The number of hydrogen-bond acceptors (Lipinski definition) is 3. The Morgan fingerprint density at radius 2 is 1.89 bits per heavy atom. The minimum atomic E-state index is -3.91. The number of benzene rings is 1. The normalized spacial score (nSPS) is 32.0. The van der Waals surface area contributed by atoms with Crippen LogP contribution in [0.2, 0.25) is 0 Å². The minimum Gasteiger partial charge on any atom is -0.349 e. The van der Waals surface area contributed by atoms with Crippen molar-refractivity contribution in [3.8, 4) is 0 Å². The van der Waals surface area contributed by atoms with Crippen LogP contribution in [-0.2, 0) is 10.0 Å². The number of nitrogens with one attached hydrogen (secondary N) is 1. The summed E-state index contributed by atoms with van der Waals surface area (Å²) < 4.78 is 41.2. The van der Waals surface area contributed by atoms with E-state index in [1.165, 1.54) is 22.9 Å². The van der Waals surface area contributed by atoms with Gasteiger partial charge in [0, 0.05) is 24.7 Å². The van der Waals surface area contributed by atoms with Gasteiger partial charge in [-0.15, -0.1) is 0 Å². The van der Waals surface area contributed by atoms with E-state index in [1.54, 1.807) is 0 Å². The summed E-state index contributed by atoms with van der Waals surface area (Å²) in [6.45, 7) is 7.58. The summed E-state index contributed by atoms with van der Waals surface area (Å²) in [5.41, 5.74) is 0.388. The first-order chi connectivity index (χ1) is 13.1. The van der Waals surface area contributed by atoms with Gasteiger partial charge in [-0.05, 0) is 67.1 Å². The summed E-state index contributed by atoms with van der Waals surface area (Å²) in [5.74, 6) is -0.550. The van der Waals surface area contributed by atoms with Crippen LogP contribution in [0.25, 0.3) is 0 Å². The molecule has 3 aliphatic rings. The maximum atomic E-state index is 14.3. The number of nitrogens with zero attached hydrogens (tertiary/aromatic N) is 1. The standard InChI is InChI=1S/C21H29FN2O3S/c1-20(2)15-8-9-21(20,3)18(13-15)23-19(25)14-6-7-16(22)17(12-14)28(26,27)24-10-4-5-11-24/h6-7,12,15,18H,4-5,8-11,13H2,1-3H3,(H,23,25). The molecule has 2 saturated carbocycles. The topological polar surface area (TPSA) is 66.5 Å². The van der Waals surface area contributed by atoms with E-state index in [0.717, 1.165) is 31.7 Å². The van der Waals surface area contributed by atoms with Gasteiger partial charge in [0.15, 0.2) is 0 Å². The van der Waals surface area contributed by atoms with Crippen molar-refractivity contribution in [1.29, 1.82) is 0 Å². The lowest BCUT2D eigenvalue weighted by molar-refractivity contribution is 0.0826. The Kier molecular flexibility index (Phi) is 4.62. The molecule has 1 N–H and O–H groups in total. The van der Waals surface area contributed by atoms with Crippen LogP contribution in [0.1, 0.15) is 63.2 Å². The van der Waals surface area contributed by atoms with Crippen molar-refractivity contribution in [2.75, 3.05) is 13.1 Å². The van der Waals surface area contributed by atoms with Crippen LogP contribution in [0.5, 0.6) is 0 Å². The minimum absolute atomic E-state index is 0.0256. The summed E-state index contributed by atoms with van der Waals surface area (Å²) in [6.07, 6.45) is 4.75. The van der Waals surface area contributed by atoms with Crippen LogP contribution in [0.3, 0.4) is 0 Å². The van der Waals surface area contributed by atoms with Gasteiger partial charge < -0.3 is 5.32 Å². The van der Waals surface area contributed by atoms with Gasteiger partial charge in [0.25, 0.3) is 5.91 Å². The first kappa shape index (κ1) is 19.8. The van der Waals surface area contributed by atoms with Crippen LogP contribution < -0.4 is 5.32 Å². The van der Waals surface area contributed by atoms with E-state index in [1.807, 2.05) is 0 Å². The molecule has 2 bridgehead atoms. The molecule has 28 heavy (non-hydrogen) atoms. The SMILES string of the molecule is CC1(C)C2CCC1(C)C(NC(=O)c1ccc(F)c(S(=O)(=O)N3CCCC3)c1)C2. The molecule has 2 aliphatic carbocycles. The zero-order valence-corrected chi connectivity index (χ0v) is 17.6. The largest absolute Gasteiger partial charge is 0.349 e. The maximum Gasteiger partial charge on any atom is 0.251 e. The van der Waals surface area contributed by atoms with Crippen molar-refractivity contribution in [3.63, 3.8) is 0 Å². The second-order valence-electron chi connectivity index (χ2n) is 9.39. The van der Waals surface area contributed by atoms with Crippen LogP contribution >= 0.6 is 0 Å². The van der Waals surface area contributed by atoms with E-state index in [9.17, 15) is 17.6 Å². The van der Waals surface area contributed by atoms with Crippen molar-refractivity contribution in [2.24, 2.45) is 16.7 Å². The van der Waals surface area contributed by atoms with Crippen LogP contribution in [0, 0.1) is 22.6 Å². The maximum absolute atomic E-state index is 14.3. The highest BCUT2D eigenvalue weighted by Crippen LogP contribution is 2.65. The van der Waals surface area contributed by atoms with Crippen LogP contribution in [-0.4, -0.2) is 37.8 Å². The number of amides is 1. The fourth-order valence-electron chi connectivity index (χ4n) is 5.57. The molecule has 3 fully saturated rings. The summed E-state index contributed by atoms with van der Waals surface area (Å²) >= 11 is 0. The molecule has 1 heterocycles. The van der Waals surface area contributed by atoms with E-state index in [4.69, 9.17) is 0 Å². The number of sulfonamides is 1. The highest BCUT2D eigenvalue weighted by Gasteiger charge is 2.61. The number of hydrogen-bond donors (Lipinski definition) is 1. The first-order valence-electron chi connectivity index (χ1n) is 10.2. The highest BCUT2D eigenvalue weighted by molar-refractivity contribution is 7.89. The third-order valence-electron chi connectivity index (χ3n) is 7.98. The third kappa shape index (κ3) is 2.81. The molecule has 0 radical (unpaired) electrons. The molecule has 1 aromatic carbocycles. The van der Waals surface area contributed by atoms with Crippen molar-refractivity contribution in [2.45, 2.75) is 63.8 Å². The van der Waals surface area contributed by atoms with Crippen molar-refractivity contribution in [3.05, 3.63) is 29.6 Å². The lowest BCUT2D eigenvalue weighted by Crippen LogP contribution is -2.46. The van der Waals surface area contributed by atoms with Crippen molar-refractivity contribution < 1.29 is 17.6 Å². The van der Waals surface area contributed by atoms with Gasteiger partial charge in [-0.2, -0.15) is 4.31 Å². The average Bonchev–Trinajstić information content (AvgIpc) is 3.29. The van der Waals surface area contributed by atoms with E-state index in [-0.39, 0.29) is 28.3 Å². The van der Waals surface area contributed by atoms with Crippen LogP contribution in [0.4, 0.5) is 4.39 Å². The molecule has 0 aromatic heterocycles. The average molecular weight is 409 g/mol. The second kappa shape index (κ2) is 6.52. The van der Waals surface area contributed by atoms with Gasteiger partial charge in [-0.1, -0.05) is 20.8 Å². The number of halogens is 1. The van der Waals surface area contributed by atoms with E-state index in [0.29, 0.717) is 19.0 Å². The summed E-state index contributed by atoms with van der Waals surface area (Å²) in [6, 6.07) is 3.70. The lowest BCUT2D eigenvalue weighted by atomic mass is 9.69. The Morgan fingerprint density at radius 3 is 2.46 bits per heavy atom. The van der Waals surface area contributed by atoms with E-state index >= 15 is 0 Å². The predicted molar refractivity (Wildman–Crippen MR) is 105 cm³/mol. The van der Waals surface area contributed by atoms with Gasteiger partial charge in [0.1, 0.15) is 10.7 Å². The van der Waals surface area contributed by atoms with Crippen LogP contribution in [0.15, 0.2) is 23.1 Å². The molecule has 3 atom stereocenters. The number of fused-ring (bicyclic) bond motifs is 2. The van der Waals surface area contributed by atoms with Gasteiger partial charge in [-0.3, -0.25) is 4.79 Å². The highest BCUT2D eigenvalue weighted by atomic mass is 32.2. The van der Waals surface area contributed by atoms with E-state index in [2.05, 4.69) is 26.1 Å². The number of rotatable bonds is 4. The van der Waals surface area contributed by atoms with Gasteiger partial charge in [-0.25, -0.2) is 12.8 Å². The predicted octanol–water partition coefficient (Wildman–Crippen LogP) is 3.55. The smallest absolute Gasteiger partial charge is 0.251 e. The Bertz CT molecular complexity index is 908. The van der Waals surface area contributed by atoms with E-state index < -0.39 is 20.7 Å².